The Morgan fingerprint density at radius 2 is 1.74 bits per heavy atom. The molecule has 0 spiro atoms. The molecule has 5 rings (SSSR count). The highest BCUT2D eigenvalue weighted by Gasteiger charge is 2.53. The van der Waals surface area contributed by atoms with Gasteiger partial charge in [-0.1, -0.05) is 0 Å². The minimum absolute atomic E-state index is 0.0330. The quantitative estimate of drug-likeness (QED) is 0.570. The number of ether oxygens (including phenoxy) is 2. The molecule has 4 saturated carbocycles. The van der Waals surface area contributed by atoms with Crippen LogP contribution in [0.15, 0.2) is 16.6 Å². The second-order valence-corrected chi connectivity index (χ2v) is 12.0. The first-order chi connectivity index (χ1) is 14.6. The van der Waals surface area contributed by atoms with Crippen LogP contribution in [-0.2, 0) is 11.3 Å². The van der Waals surface area contributed by atoms with E-state index in [4.69, 9.17) is 9.47 Å². The van der Waals surface area contributed by atoms with E-state index < -0.39 is 0 Å². The van der Waals surface area contributed by atoms with Crippen LogP contribution in [0.1, 0.15) is 71.8 Å². The number of nitrogens with two attached hydrogens (primary N) is 1. The highest BCUT2D eigenvalue weighted by molar-refractivity contribution is 9.10. The van der Waals surface area contributed by atoms with E-state index in [1.165, 1.54) is 44.1 Å². The van der Waals surface area contributed by atoms with Crippen LogP contribution in [0.4, 0.5) is 0 Å². The molecule has 31 heavy (non-hydrogen) atoms. The van der Waals surface area contributed by atoms with Crippen LogP contribution in [0.25, 0.3) is 0 Å². The van der Waals surface area contributed by atoms with Crippen molar-refractivity contribution in [2.45, 2.75) is 83.8 Å². The van der Waals surface area contributed by atoms with E-state index in [1.807, 2.05) is 27.7 Å². The molecule has 1 amide bonds. The van der Waals surface area contributed by atoms with Crippen LogP contribution >= 0.6 is 15.9 Å². The molecule has 0 aliphatic heterocycles. The Labute approximate surface area is 195 Å². The summed E-state index contributed by atoms with van der Waals surface area (Å²) in [4.78, 5) is 12.2. The molecular weight excluding hydrogens is 456 g/mol. The average molecular weight is 494 g/mol. The third kappa shape index (κ3) is 5.57. The highest BCUT2D eigenvalue weighted by Crippen LogP contribution is 2.54. The monoisotopic (exact) mass is 493 g/mol. The lowest BCUT2D eigenvalue weighted by Gasteiger charge is -2.54. The Hall–Kier alpha value is -1.27. The normalized spacial score (nSPS) is 29.1. The molecule has 1 aromatic carbocycles. The van der Waals surface area contributed by atoms with E-state index >= 15 is 0 Å². The Morgan fingerprint density at radius 1 is 1.13 bits per heavy atom. The molecule has 4 aliphatic carbocycles. The number of quaternary nitrogens is 1. The van der Waals surface area contributed by atoms with Crippen molar-refractivity contribution in [1.29, 1.82) is 0 Å². The zero-order valence-electron chi connectivity index (χ0n) is 19.4. The van der Waals surface area contributed by atoms with Gasteiger partial charge in [-0.05, 0) is 92.8 Å². The number of halogens is 1. The number of carbonyl (C=O) groups excluding carboxylic acids is 1. The fourth-order valence-corrected chi connectivity index (χ4v) is 7.10. The Balaban J connectivity index is 1.43. The van der Waals surface area contributed by atoms with Gasteiger partial charge in [-0.15, -0.1) is 0 Å². The van der Waals surface area contributed by atoms with E-state index in [1.54, 1.807) is 0 Å². The minimum Gasteiger partial charge on any atom is -0.490 e. The standard InChI is InChI=1S/C25H37BrN2O3/c1-5-30-21-10-19(9-20(26)23(21)31-15-22(29)28-24(2,3)4)14-27-25-11-16-6-17(12-25)8-18(7-16)13-25/h9-10,16-18,27H,5-8,11-15H2,1-4H3,(H,28,29)/p+1. The number of amides is 1. The van der Waals surface area contributed by atoms with Gasteiger partial charge < -0.3 is 20.1 Å². The topological polar surface area (TPSA) is 64.2 Å². The molecule has 3 N–H and O–H groups in total. The Morgan fingerprint density at radius 3 is 2.29 bits per heavy atom. The lowest BCUT2D eigenvalue weighted by molar-refractivity contribution is -0.752. The molecule has 1 aromatic rings. The summed E-state index contributed by atoms with van der Waals surface area (Å²) in [5.74, 6) is 4.05. The van der Waals surface area contributed by atoms with Gasteiger partial charge in [-0.3, -0.25) is 4.79 Å². The summed E-state index contributed by atoms with van der Waals surface area (Å²) in [5.41, 5.74) is 1.41. The molecule has 6 heteroatoms. The molecule has 5 nitrogen and oxygen atoms in total. The van der Waals surface area contributed by atoms with Crippen molar-refractivity contribution in [3.8, 4) is 11.5 Å². The molecule has 0 saturated heterocycles. The molecule has 0 unspecified atom stereocenters. The predicted molar refractivity (Wildman–Crippen MR) is 125 cm³/mol. The second-order valence-electron chi connectivity index (χ2n) is 11.1. The van der Waals surface area contributed by atoms with Crippen molar-refractivity contribution in [2.24, 2.45) is 17.8 Å². The summed E-state index contributed by atoms with van der Waals surface area (Å²) >= 11 is 3.66. The maximum absolute atomic E-state index is 12.2. The van der Waals surface area contributed by atoms with Crippen molar-refractivity contribution in [1.82, 2.24) is 5.32 Å². The Kier molecular flexibility index (Phi) is 6.60. The molecular formula is C25H38BrN2O3+. The van der Waals surface area contributed by atoms with Crippen LogP contribution < -0.4 is 20.1 Å². The zero-order valence-corrected chi connectivity index (χ0v) is 21.0. The first-order valence-corrected chi connectivity index (χ1v) is 12.7. The maximum atomic E-state index is 12.2. The lowest BCUT2D eigenvalue weighted by Crippen LogP contribution is -2.97. The van der Waals surface area contributed by atoms with Gasteiger partial charge in [0.1, 0.15) is 6.54 Å². The van der Waals surface area contributed by atoms with Gasteiger partial charge in [0.05, 0.1) is 16.6 Å². The molecule has 0 heterocycles. The van der Waals surface area contributed by atoms with E-state index in [9.17, 15) is 4.79 Å². The summed E-state index contributed by atoms with van der Waals surface area (Å²) in [6.45, 7) is 9.33. The third-order valence-corrected chi connectivity index (χ3v) is 7.68. The van der Waals surface area contributed by atoms with Gasteiger partial charge in [-0.25, -0.2) is 0 Å². The molecule has 0 radical (unpaired) electrons. The van der Waals surface area contributed by atoms with Gasteiger partial charge in [0.15, 0.2) is 18.1 Å². The first-order valence-electron chi connectivity index (χ1n) is 11.9. The molecule has 4 fully saturated rings. The molecule has 0 aromatic heterocycles. The minimum atomic E-state index is -0.280. The van der Waals surface area contributed by atoms with Gasteiger partial charge in [0, 0.05) is 30.4 Å². The zero-order chi connectivity index (χ0) is 22.2. The number of hydrogen-bond donors (Lipinski definition) is 2. The number of nitrogens with one attached hydrogen (secondary N) is 1. The first kappa shape index (κ1) is 22.9. The predicted octanol–water partition coefficient (Wildman–Crippen LogP) is 4.17. The second kappa shape index (κ2) is 8.93. The van der Waals surface area contributed by atoms with Crippen LogP contribution in [0.3, 0.4) is 0 Å². The molecule has 172 valence electrons. The van der Waals surface area contributed by atoms with Gasteiger partial charge >= 0.3 is 0 Å². The van der Waals surface area contributed by atoms with Gasteiger partial charge in [0.2, 0.25) is 0 Å². The van der Waals surface area contributed by atoms with Crippen molar-refractivity contribution in [2.75, 3.05) is 13.2 Å². The fraction of sp³-hybridized carbons (Fsp3) is 0.720. The summed E-state index contributed by atoms with van der Waals surface area (Å²) in [7, 11) is 0. The van der Waals surface area contributed by atoms with Crippen LogP contribution in [0.2, 0.25) is 0 Å². The van der Waals surface area contributed by atoms with Crippen molar-refractivity contribution in [3.05, 3.63) is 22.2 Å². The number of benzene rings is 1. The SMILES string of the molecule is CCOc1cc(C[NH2+]C23CC4CC(CC(C4)C2)C3)cc(Br)c1OCC(=O)NC(C)(C)C. The maximum Gasteiger partial charge on any atom is 0.258 e. The summed E-state index contributed by atoms with van der Waals surface area (Å²) < 4.78 is 12.6. The molecule has 0 atom stereocenters. The van der Waals surface area contributed by atoms with Gasteiger partial charge in [0.25, 0.3) is 5.91 Å². The van der Waals surface area contributed by atoms with Gasteiger partial charge in [-0.2, -0.15) is 0 Å². The number of hydrogen-bond acceptors (Lipinski definition) is 3. The summed E-state index contributed by atoms with van der Waals surface area (Å²) in [6.07, 6.45) is 8.60. The van der Waals surface area contributed by atoms with Crippen molar-refractivity contribution >= 4 is 21.8 Å². The summed E-state index contributed by atoms with van der Waals surface area (Å²) in [5, 5.41) is 5.55. The van der Waals surface area contributed by atoms with E-state index in [-0.39, 0.29) is 18.1 Å². The van der Waals surface area contributed by atoms with Crippen molar-refractivity contribution < 1.29 is 19.6 Å². The smallest absolute Gasteiger partial charge is 0.258 e. The molecule has 4 aliphatic rings. The van der Waals surface area contributed by atoms with Crippen LogP contribution in [0.5, 0.6) is 11.5 Å². The van der Waals surface area contributed by atoms with Crippen molar-refractivity contribution in [3.63, 3.8) is 0 Å². The third-order valence-electron chi connectivity index (χ3n) is 7.09. The van der Waals surface area contributed by atoms with E-state index in [2.05, 4.69) is 38.7 Å². The van der Waals surface area contributed by atoms with E-state index in [0.717, 1.165) is 28.8 Å². The highest BCUT2D eigenvalue weighted by atomic mass is 79.9. The number of rotatable bonds is 8. The average Bonchev–Trinajstić information content (AvgIpc) is 2.63. The largest absolute Gasteiger partial charge is 0.490 e. The lowest BCUT2D eigenvalue weighted by atomic mass is 9.53. The Bertz CT molecular complexity index is 782. The fourth-order valence-electron chi connectivity index (χ4n) is 6.50. The van der Waals surface area contributed by atoms with E-state index in [0.29, 0.717) is 23.6 Å². The molecule has 4 bridgehead atoms. The van der Waals surface area contributed by atoms with Crippen LogP contribution in [0, 0.1) is 17.8 Å². The van der Waals surface area contributed by atoms with Crippen LogP contribution in [-0.4, -0.2) is 30.2 Å². The number of carbonyl (C=O) groups is 1. The summed E-state index contributed by atoms with van der Waals surface area (Å²) in [6, 6.07) is 4.21.